The number of rotatable bonds is 5. The summed E-state index contributed by atoms with van der Waals surface area (Å²) in [5.41, 5.74) is -0.133. The average molecular weight is 362 g/mol. The quantitative estimate of drug-likeness (QED) is 0.696. The number of carboxylic acid groups (broad SMARTS) is 1. The fourth-order valence-corrected chi connectivity index (χ4v) is 5.94. The number of allylic oxidation sites excluding steroid dienone is 1. The first-order valence-corrected chi connectivity index (χ1v) is 9.32. The zero-order chi connectivity index (χ0) is 18.5. The number of aliphatic hydroxyl groups excluding tert-OH is 2. The second kappa shape index (κ2) is 6.22. The van der Waals surface area contributed by atoms with E-state index in [-0.39, 0.29) is 31.0 Å². The monoisotopic (exact) mass is 362 g/mol. The largest absolute Gasteiger partial charge is 0.481 e. The van der Waals surface area contributed by atoms with Crippen LogP contribution in [0, 0.1) is 22.7 Å². The third kappa shape index (κ3) is 2.19. The van der Waals surface area contributed by atoms with E-state index in [4.69, 9.17) is 9.15 Å². The second-order valence-electron chi connectivity index (χ2n) is 8.12. The smallest absolute Gasteiger partial charge is 0.310 e. The Kier molecular flexibility index (Phi) is 4.25. The van der Waals surface area contributed by atoms with Gasteiger partial charge >= 0.3 is 5.97 Å². The van der Waals surface area contributed by atoms with E-state index in [0.717, 1.165) is 12.0 Å². The summed E-state index contributed by atoms with van der Waals surface area (Å²) < 4.78 is 11.0. The molecule has 6 heteroatoms. The fraction of sp³-hybridized carbons (Fsp3) is 0.650. The number of aliphatic hydroxyl groups is 2. The van der Waals surface area contributed by atoms with Gasteiger partial charge in [0.1, 0.15) is 0 Å². The molecule has 142 valence electrons. The summed E-state index contributed by atoms with van der Waals surface area (Å²) in [5, 5.41) is 31.5. The Labute approximate surface area is 152 Å². The van der Waals surface area contributed by atoms with Crippen molar-refractivity contribution in [1.82, 2.24) is 0 Å². The molecule has 26 heavy (non-hydrogen) atoms. The second-order valence-corrected chi connectivity index (χ2v) is 8.12. The maximum absolute atomic E-state index is 12.7. The summed E-state index contributed by atoms with van der Waals surface area (Å²) in [6.45, 7) is 2.29. The van der Waals surface area contributed by atoms with Gasteiger partial charge in [-0.15, -0.1) is 0 Å². The molecular weight excluding hydrogens is 336 g/mol. The molecule has 2 aliphatic carbocycles. The van der Waals surface area contributed by atoms with Gasteiger partial charge in [0, 0.05) is 11.0 Å². The van der Waals surface area contributed by atoms with Crippen molar-refractivity contribution in [3.05, 3.63) is 35.8 Å². The van der Waals surface area contributed by atoms with E-state index >= 15 is 0 Å². The van der Waals surface area contributed by atoms with Crippen molar-refractivity contribution in [3.8, 4) is 0 Å². The van der Waals surface area contributed by atoms with Crippen LogP contribution in [0.2, 0.25) is 0 Å². The maximum atomic E-state index is 12.7. The normalized spacial score (nSPS) is 40.0. The first-order valence-electron chi connectivity index (χ1n) is 9.32. The molecule has 1 aromatic heterocycles. The summed E-state index contributed by atoms with van der Waals surface area (Å²) in [6, 6.07) is 1.67. The van der Waals surface area contributed by atoms with Gasteiger partial charge in [-0.2, -0.15) is 0 Å². The van der Waals surface area contributed by atoms with Crippen LogP contribution in [0.25, 0.3) is 0 Å². The summed E-state index contributed by atoms with van der Waals surface area (Å²) >= 11 is 0. The van der Waals surface area contributed by atoms with Crippen LogP contribution in [-0.4, -0.2) is 40.6 Å². The molecule has 1 saturated heterocycles. The molecule has 1 aliphatic heterocycles. The van der Waals surface area contributed by atoms with Crippen LogP contribution < -0.4 is 0 Å². The number of hydrogen-bond donors (Lipinski definition) is 3. The zero-order valence-electron chi connectivity index (χ0n) is 14.9. The van der Waals surface area contributed by atoms with Crippen LogP contribution in [0.1, 0.15) is 44.3 Å². The molecule has 0 amide bonds. The topological polar surface area (TPSA) is 100 Å². The lowest BCUT2D eigenvalue weighted by Crippen LogP contribution is -2.61. The molecule has 2 fully saturated rings. The molecule has 6 atom stereocenters. The van der Waals surface area contributed by atoms with Crippen LogP contribution in [0.3, 0.4) is 0 Å². The Balaban J connectivity index is 1.80. The molecule has 4 rings (SSSR count). The summed E-state index contributed by atoms with van der Waals surface area (Å²) in [5.74, 6) is -1.33. The molecule has 6 nitrogen and oxygen atoms in total. The molecule has 3 N–H and O–H groups in total. The molecule has 0 bridgehead atoms. The number of carboxylic acids is 1. The number of carbonyl (C=O) groups is 1. The molecule has 0 spiro atoms. The molecule has 0 radical (unpaired) electrons. The first-order chi connectivity index (χ1) is 12.5. The molecule has 0 aromatic carbocycles. The Morgan fingerprint density at radius 3 is 2.92 bits per heavy atom. The van der Waals surface area contributed by atoms with E-state index in [1.165, 1.54) is 12.5 Å². The van der Waals surface area contributed by atoms with Gasteiger partial charge in [-0.25, -0.2) is 0 Å². The minimum atomic E-state index is -1.12. The van der Waals surface area contributed by atoms with Gasteiger partial charge in [0.05, 0.1) is 43.4 Å². The maximum Gasteiger partial charge on any atom is 0.310 e. The van der Waals surface area contributed by atoms with Crippen LogP contribution in [0.15, 0.2) is 34.7 Å². The highest BCUT2D eigenvalue weighted by molar-refractivity contribution is 5.76. The van der Waals surface area contributed by atoms with Gasteiger partial charge in [-0.3, -0.25) is 4.79 Å². The van der Waals surface area contributed by atoms with Crippen molar-refractivity contribution < 1.29 is 29.3 Å². The number of aliphatic carboxylic acids is 1. The number of hydrogen-bond acceptors (Lipinski definition) is 5. The van der Waals surface area contributed by atoms with E-state index in [9.17, 15) is 20.1 Å². The van der Waals surface area contributed by atoms with Crippen molar-refractivity contribution in [2.75, 3.05) is 13.2 Å². The first kappa shape index (κ1) is 17.8. The Morgan fingerprint density at radius 2 is 2.27 bits per heavy atom. The van der Waals surface area contributed by atoms with Crippen molar-refractivity contribution in [2.24, 2.45) is 22.7 Å². The van der Waals surface area contributed by atoms with Crippen LogP contribution in [0.5, 0.6) is 0 Å². The summed E-state index contributed by atoms with van der Waals surface area (Å²) in [7, 11) is 0. The van der Waals surface area contributed by atoms with Gasteiger partial charge in [-0.1, -0.05) is 13.0 Å². The highest BCUT2D eigenvalue weighted by Gasteiger charge is 2.67. The standard InChI is InChI=1S/C20H26O6/c1-12-7-17-20(11-21)14(10-26-17)3-2-4-16(20)19(12,18(23)24)8-15(22)13-5-6-25-9-13/h3,5-6,9,12,15-17,21-22H,2,4,7-8,10-11H2,1H3,(H,23,24)/t12-,15?,16-,17-,19-,20+/m1/s1. The highest BCUT2D eigenvalue weighted by atomic mass is 16.5. The molecule has 1 unspecified atom stereocenters. The SMILES string of the molecule is C[C@@H]1C[C@H]2OCC3=CCC[C@H]([C@]1(CC(O)c1ccoc1)C(=O)O)[C@]32CO. The van der Waals surface area contributed by atoms with Crippen LogP contribution in [-0.2, 0) is 9.53 Å². The van der Waals surface area contributed by atoms with E-state index in [2.05, 4.69) is 6.08 Å². The predicted molar refractivity (Wildman–Crippen MR) is 92.2 cm³/mol. The van der Waals surface area contributed by atoms with Gasteiger partial charge in [0.25, 0.3) is 0 Å². The molecule has 3 aliphatic rings. The Bertz CT molecular complexity index is 710. The highest BCUT2D eigenvalue weighted by Crippen LogP contribution is 2.65. The Hall–Kier alpha value is -1.63. The summed E-state index contributed by atoms with van der Waals surface area (Å²) in [4.78, 5) is 12.7. The third-order valence-corrected chi connectivity index (χ3v) is 7.27. The van der Waals surface area contributed by atoms with E-state index in [0.29, 0.717) is 25.0 Å². The number of ether oxygens (including phenoxy) is 1. The number of furan rings is 1. The third-order valence-electron chi connectivity index (χ3n) is 7.27. The lowest BCUT2D eigenvalue weighted by Gasteiger charge is -2.58. The van der Waals surface area contributed by atoms with Crippen molar-refractivity contribution in [1.29, 1.82) is 0 Å². The molecule has 1 aromatic rings. The fourth-order valence-electron chi connectivity index (χ4n) is 5.94. The van der Waals surface area contributed by atoms with Crippen molar-refractivity contribution >= 4 is 5.97 Å². The zero-order valence-corrected chi connectivity index (χ0v) is 14.9. The van der Waals surface area contributed by atoms with Gasteiger partial charge in [0.15, 0.2) is 0 Å². The van der Waals surface area contributed by atoms with Gasteiger partial charge in [-0.05, 0) is 49.2 Å². The average Bonchev–Trinajstić information content (AvgIpc) is 3.27. The molecule has 2 heterocycles. The van der Waals surface area contributed by atoms with Crippen LogP contribution in [0.4, 0.5) is 0 Å². The lowest BCUT2D eigenvalue weighted by atomic mass is 9.45. The Morgan fingerprint density at radius 1 is 1.46 bits per heavy atom. The van der Waals surface area contributed by atoms with E-state index in [1.807, 2.05) is 6.92 Å². The van der Waals surface area contributed by atoms with Crippen molar-refractivity contribution in [2.45, 2.75) is 44.8 Å². The van der Waals surface area contributed by atoms with Gasteiger partial charge in [0.2, 0.25) is 0 Å². The molecule has 1 saturated carbocycles. The van der Waals surface area contributed by atoms with E-state index < -0.39 is 22.9 Å². The lowest BCUT2D eigenvalue weighted by molar-refractivity contribution is -0.188. The van der Waals surface area contributed by atoms with Crippen molar-refractivity contribution in [3.63, 3.8) is 0 Å². The van der Waals surface area contributed by atoms with Gasteiger partial charge < -0.3 is 24.5 Å². The van der Waals surface area contributed by atoms with E-state index in [1.54, 1.807) is 6.07 Å². The minimum Gasteiger partial charge on any atom is -0.481 e. The predicted octanol–water partition coefficient (Wildman–Crippen LogP) is 2.53. The molecular formula is C20H26O6. The minimum absolute atomic E-state index is 0.107. The summed E-state index contributed by atoms with van der Waals surface area (Å²) in [6.07, 6.45) is 6.11. The van der Waals surface area contributed by atoms with Crippen LogP contribution >= 0.6 is 0 Å².